The second kappa shape index (κ2) is 7.57. The molecule has 2 rings (SSSR count). The quantitative estimate of drug-likeness (QED) is 0.860. The van der Waals surface area contributed by atoms with Crippen LogP contribution in [0.3, 0.4) is 0 Å². The Balaban J connectivity index is 2.19. The lowest BCUT2D eigenvalue weighted by Crippen LogP contribution is -2.26. The maximum Gasteiger partial charge on any atom is 0.253 e. The summed E-state index contributed by atoms with van der Waals surface area (Å²) in [6.45, 7) is 1.87. The number of benzene rings is 2. The summed E-state index contributed by atoms with van der Waals surface area (Å²) in [6.07, 6.45) is 0. The fourth-order valence-corrected chi connectivity index (χ4v) is 2.53. The molecule has 1 N–H and O–H groups in total. The Morgan fingerprint density at radius 1 is 1.04 bits per heavy atom. The van der Waals surface area contributed by atoms with Gasteiger partial charge in [-0.05, 0) is 42.8 Å². The van der Waals surface area contributed by atoms with Gasteiger partial charge in [-0.1, -0.05) is 29.3 Å². The van der Waals surface area contributed by atoms with Crippen LogP contribution in [-0.2, 0) is 0 Å². The van der Waals surface area contributed by atoms with Crippen molar-refractivity contribution in [3.05, 3.63) is 57.6 Å². The van der Waals surface area contributed by atoms with Crippen molar-refractivity contribution in [1.29, 1.82) is 0 Å². The molecule has 4 nitrogen and oxygen atoms in total. The molecule has 0 aliphatic carbocycles. The minimum absolute atomic E-state index is 0.239. The highest BCUT2D eigenvalue weighted by Gasteiger charge is 2.16. The molecule has 122 valence electrons. The van der Waals surface area contributed by atoms with Crippen LogP contribution in [0.4, 0.5) is 0 Å². The van der Waals surface area contributed by atoms with Gasteiger partial charge in [-0.2, -0.15) is 0 Å². The molecule has 2 aromatic rings. The molecule has 0 fully saturated rings. The summed E-state index contributed by atoms with van der Waals surface area (Å²) in [7, 11) is 3.14. The number of nitrogens with one attached hydrogen (secondary N) is 1. The van der Waals surface area contributed by atoms with Crippen molar-refractivity contribution in [1.82, 2.24) is 5.32 Å². The van der Waals surface area contributed by atoms with Gasteiger partial charge in [0.2, 0.25) is 0 Å². The standard InChI is InChI=1S/C17H17Cl2NO3/c1-10(11-4-7-15(22-2)16(8-11)23-3)20-17(21)13-9-12(18)5-6-14(13)19/h4-10H,1-3H3,(H,20,21)/t10-/m1/s1. The number of hydrogen-bond donors (Lipinski definition) is 1. The molecule has 1 atom stereocenters. The first-order valence-electron chi connectivity index (χ1n) is 6.94. The van der Waals surface area contributed by atoms with Gasteiger partial charge in [0.1, 0.15) is 0 Å². The summed E-state index contributed by atoms with van der Waals surface area (Å²) >= 11 is 12.0. The second-order valence-corrected chi connectivity index (χ2v) is 5.78. The Labute approximate surface area is 145 Å². The number of carbonyl (C=O) groups excluding carboxylic acids is 1. The molecule has 0 unspecified atom stereocenters. The van der Waals surface area contributed by atoms with Crippen LogP contribution in [-0.4, -0.2) is 20.1 Å². The molecule has 0 aliphatic rings. The maximum absolute atomic E-state index is 12.4. The minimum Gasteiger partial charge on any atom is -0.493 e. The Bertz CT molecular complexity index is 719. The van der Waals surface area contributed by atoms with Gasteiger partial charge in [-0.15, -0.1) is 0 Å². The Hall–Kier alpha value is -1.91. The topological polar surface area (TPSA) is 47.6 Å². The molecule has 0 aliphatic heterocycles. The molecule has 0 saturated heterocycles. The number of methoxy groups -OCH3 is 2. The van der Waals surface area contributed by atoms with E-state index in [9.17, 15) is 4.79 Å². The molecule has 23 heavy (non-hydrogen) atoms. The molecular weight excluding hydrogens is 337 g/mol. The highest BCUT2D eigenvalue weighted by molar-refractivity contribution is 6.35. The first kappa shape index (κ1) is 17.4. The van der Waals surface area contributed by atoms with Gasteiger partial charge in [0.15, 0.2) is 11.5 Å². The third-order valence-corrected chi connectivity index (χ3v) is 3.99. The van der Waals surface area contributed by atoms with Crippen LogP contribution in [0.5, 0.6) is 11.5 Å². The van der Waals surface area contributed by atoms with E-state index in [2.05, 4.69) is 5.32 Å². The number of amides is 1. The summed E-state index contributed by atoms with van der Waals surface area (Å²) in [4.78, 5) is 12.4. The van der Waals surface area contributed by atoms with E-state index < -0.39 is 0 Å². The lowest BCUT2D eigenvalue weighted by Gasteiger charge is -2.17. The van der Waals surface area contributed by atoms with E-state index in [1.54, 1.807) is 38.5 Å². The van der Waals surface area contributed by atoms with Crippen LogP contribution in [0, 0.1) is 0 Å². The number of ether oxygens (including phenoxy) is 2. The monoisotopic (exact) mass is 353 g/mol. The lowest BCUT2D eigenvalue weighted by molar-refractivity contribution is 0.0940. The van der Waals surface area contributed by atoms with E-state index in [1.165, 1.54) is 0 Å². The van der Waals surface area contributed by atoms with Gasteiger partial charge in [0, 0.05) is 5.02 Å². The first-order valence-corrected chi connectivity index (χ1v) is 7.69. The van der Waals surface area contributed by atoms with E-state index in [-0.39, 0.29) is 11.9 Å². The second-order valence-electron chi connectivity index (χ2n) is 4.93. The normalized spacial score (nSPS) is 11.7. The van der Waals surface area contributed by atoms with Crippen molar-refractivity contribution < 1.29 is 14.3 Å². The van der Waals surface area contributed by atoms with Crippen molar-refractivity contribution in [3.63, 3.8) is 0 Å². The van der Waals surface area contributed by atoms with Crippen molar-refractivity contribution in [2.75, 3.05) is 14.2 Å². The van der Waals surface area contributed by atoms with Crippen molar-refractivity contribution in [2.24, 2.45) is 0 Å². The van der Waals surface area contributed by atoms with Crippen molar-refractivity contribution in [3.8, 4) is 11.5 Å². The molecule has 0 spiro atoms. The highest BCUT2D eigenvalue weighted by atomic mass is 35.5. The highest BCUT2D eigenvalue weighted by Crippen LogP contribution is 2.30. The SMILES string of the molecule is COc1ccc([C@@H](C)NC(=O)c2cc(Cl)ccc2Cl)cc1OC. The molecule has 1 amide bonds. The van der Waals surface area contributed by atoms with E-state index in [0.717, 1.165) is 5.56 Å². The summed E-state index contributed by atoms with van der Waals surface area (Å²) in [5.41, 5.74) is 1.22. The minimum atomic E-state index is -0.292. The third-order valence-electron chi connectivity index (χ3n) is 3.43. The molecular formula is C17H17Cl2NO3. The predicted octanol–water partition coefficient (Wildman–Crippen LogP) is 4.50. The fourth-order valence-electron chi connectivity index (χ4n) is 2.15. The summed E-state index contributed by atoms with van der Waals surface area (Å²) < 4.78 is 10.5. The molecule has 0 bridgehead atoms. The van der Waals surface area contributed by atoms with Crippen LogP contribution < -0.4 is 14.8 Å². The molecule has 0 saturated carbocycles. The van der Waals surface area contributed by atoms with Crippen LogP contribution in [0.15, 0.2) is 36.4 Å². The molecule has 0 aromatic heterocycles. The van der Waals surface area contributed by atoms with Gasteiger partial charge in [0.25, 0.3) is 5.91 Å². The zero-order valence-corrected chi connectivity index (χ0v) is 14.5. The first-order chi connectivity index (χ1) is 11.0. The van der Waals surface area contributed by atoms with E-state index in [0.29, 0.717) is 27.1 Å². The van der Waals surface area contributed by atoms with Crippen LogP contribution in [0.25, 0.3) is 0 Å². The summed E-state index contributed by atoms with van der Waals surface area (Å²) in [5, 5.41) is 3.70. The van der Waals surface area contributed by atoms with E-state index >= 15 is 0 Å². The van der Waals surface area contributed by atoms with Crippen LogP contribution >= 0.6 is 23.2 Å². The number of carbonyl (C=O) groups is 1. The zero-order chi connectivity index (χ0) is 17.0. The average molecular weight is 354 g/mol. The van der Waals surface area contributed by atoms with Gasteiger partial charge in [0.05, 0.1) is 30.8 Å². The molecule has 0 heterocycles. The zero-order valence-electron chi connectivity index (χ0n) is 13.0. The van der Waals surface area contributed by atoms with E-state index in [4.69, 9.17) is 32.7 Å². The average Bonchev–Trinajstić information content (AvgIpc) is 2.56. The van der Waals surface area contributed by atoms with Gasteiger partial charge in [-0.25, -0.2) is 0 Å². The number of hydrogen-bond acceptors (Lipinski definition) is 3. The van der Waals surface area contributed by atoms with E-state index in [1.807, 2.05) is 19.1 Å². The smallest absolute Gasteiger partial charge is 0.253 e. The number of rotatable bonds is 5. The molecule has 2 aromatic carbocycles. The largest absolute Gasteiger partial charge is 0.493 e. The Morgan fingerprint density at radius 3 is 2.39 bits per heavy atom. The third kappa shape index (κ3) is 4.09. The van der Waals surface area contributed by atoms with Crippen molar-refractivity contribution in [2.45, 2.75) is 13.0 Å². The van der Waals surface area contributed by atoms with Crippen LogP contribution in [0.1, 0.15) is 28.9 Å². The number of halogens is 2. The fraction of sp³-hybridized carbons (Fsp3) is 0.235. The van der Waals surface area contributed by atoms with Crippen LogP contribution in [0.2, 0.25) is 10.0 Å². The summed E-state index contributed by atoms with van der Waals surface area (Å²) in [6, 6.07) is 10.0. The van der Waals surface area contributed by atoms with Crippen molar-refractivity contribution >= 4 is 29.1 Å². The Morgan fingerprint density at radius 2 is 1.74 bits per heavy atom. The molecule has 0 radical (unpaired) electrons. The predicted molar refractivity (Wildman–Crippen MR) is 91.9 cm³/mol. The van der Waals surface area contributed by atoms with Gasteiger partial charge in [-0.3, -0.25) is 4.79 Å². The van der Waals surface area contributed by atoms with Gasteiger partial charge < -0.3 is 14.8 Å². The van der Waals surface area contributed by atoms with Gasteiger partial charge >= 0.3 is 0 Å². The summed E-state index contributed by atoms with van der Waals surface area (Å²) in [5.74, 6) is 0.944. The maximum atomic E-state index is 12.4. The lowest BCUT2D eigenvalue weighted by atomic mass is 10.1. The Kier molecular flexibility index (Phi) is 5.74. The molecule has 6 heteroatoms.